The Hall–Kier alpha value is -1.92. The first-order chi connectivity index (χ1) is 10.1. The summed E-state index contributed by atoms with van der Waals surface area (Å²) in [5, 5.41) is 15.5. The van der Waals surface area contributed by atoms with Crippen LogP contribution in [0, 0.1) is 5.92 Å². The number of amides is 1. The zero-order valence-electron chi connectivity index (χ0n) is 13.8. The molecule has 1 aromatic rings. The van der Waals surface area contributed by atoms with Crippen molar-refractivity contribution in [2.24, 2.45) is 5.92 Å². The van der Waals surface area contributed by atoms with Crippen LogP contribution in [0.15, 0.2) is 4.52 Å². The van der Waals surface area contributed by atoms with E-state index >= 15 is 0 Å². The number of nitrogens with zero attached hydrogens (tertiary/aromatic N) is 2. The molecule has 1 heterocycles. The number of hydrogen-bond acceptors (Lipinski definition) is 5. The first kappa shape index (κ1) is 18.1. The number of carboxylic acids is 1. The van der Waals surface area contributed by atoms with Gasteiger partial charge in [0, 0.05) is 18.3 Å². The molecule has 0 saturated heterocycles. The Morgan fingerprint density at radius 2 is 1.95 bits per heavy atom. The van der Waals surface area contributed by atoms with Crippen LogP contribution in [0.25, 0.3) is 0 Å². The molecule has 1 amide bonds. The Kier molecular flexibility index (Phi) is 6.08. The molecule has 2 N–H and O–H groups in total. The van der Waals surface area contributed by atoms with Crippen LogP contribution >= 0.6 is 0 Å². The van der Waals surface area contributed by atoms with Gasteiger partial charge in [0.2, 0.25) is 11.8 Å². The van der Waals surface area contributed by atoms with Crippen LogP contribution < -0.4 is 5.32 Å². The molecule has 7 nitrogen and oxygen atoms in total. The van der Waals surface area contributed by atoms with Gasteiger partial charge in [0.15, 0.2) is 5.82 Å². The van der Waals surface area contributed by atoms with Crippen molar-refractivity contribution in [3.63, 3.8) is 0 Å². The Morgan fingerprint density at radius 3 is 2.41 bits per heavy atom. The fourth-order valence-corrected chi connectivity index (χ4v) is 1.82. The largest absolute Gasteiger partial charge is 0.480 e. The summed E-state index contributed by atoms with van der Waals surface area (Å²) in [7, 11) is 0. The molecule has 0 radical (unpaired) electrons. The number of aryl methyl sites for hydroxylation is 1. The van der Waals surface area contributed by atoms with E-state index in [0.29, 0.717) is 24.6 Å². The van der Waals surface area contributed by atoms with Gasteiger partial charge in [0.1, 0.15) is 6.04 Å². The monoisotopic (exact) mass is 311 g/mol. The Labute approximate surface area is 130 Å². The van der Waals surface area contributed by atoms with Gasteiger partial charge in [-0.25, -0.2) is 4.79 Å². The van der Waals surface area contributed by atoms with Crippen molar-refractivity contribution >= 4 is 11.9 Å². The van der Waals surface area contributed by atoms with Crippen LogP contribution in [0.2, 0.25) is 0 Å². The molecule has 22 heavy (non-hydrogen) atoms. The molecule has 7 heteroatoms. The average Bonchev–Trinajstić information content (AvgIpc) is 2.84. The molecular weight excluding hydrogens is 286 g/mol. The smallest absolute Gasteiger partial charge is 0.326 e. The van der Waals surface area contributed by atoms with E-state index in [9.17, 15) is 9.59 Å². The van der Waals surface area contributed by atoms with Crippen molar-refractivity contribution in [1.82, 2.24) is 15.5 Å². The van der Waals surface area contributed by atoms with Crippen molar-refractivity contribution in [2.75, 3.05) is 0 Å². The highest BCUT2D eigenvalue weighted by Crippen LogP contribution is 2.18. The van der Waals surface area contributed by atoms with Crippen molar-refractivity contribution in [2.45, 2.75) is 65.3 Å². The summed E-state index contributed by atoms with van der Waals surface area (Å²) < 4.78 is 5.14. The number of hydrogen-bond donors (Lipinski definition) is 2. The van der Waals surface area contributed by atoms with Gasteiger partial charge < -0.3 is 14.9 Å². The molecule has 1 rings (SSSR count). The van der Waals surface area contributed by atoms with Crippen LogP contribution in [0.1, 0.15) is 59.2 Å². The lowest BCUT2D eigenvalue weighted by Crippen LogP contribution is -2.44. The topological polar surface area (TPSA) is 105 Å². The second-order valence-corrected chi connectivity index (χ2v) is 6.74. The number of carbonyl (C=O) groups excluding carboxylic acids is 1. The zero-order valence-corrected chi connectivity index (χ0v) is 13.8. The first-order valence-electron chi connectivity index (χ1n) is 7.46. The third-order valence-electron chi connectivity index (χ3n) is 3.18. The third-order valence-corrected chi connectivity index (χ3v) is 3.18. The Bertz CT molecular complexity index is 517. The summed E-state index contributed by atoms with van der Waals surface area (Å²) in [6, 6.07) is -0.858. The number of carbonyl (C=O) groups is 2. The zero-order chi connectivity index (χ0) is 16.9. The van der Waals surface area contributed by atoms with Gasteiger partial charge in [-0.1, -0.05) is 39.8 Å². The molecule has 0 aromatic carbocycles. The second-order valence-electron chi connectivity index (χ2n) is 6.74. The molecule has 0 aliphatic rings. The summed E-state index contributed by atoms with van der Waals surface area (Å²) in [4.78, 5) is 27.1. The highest BCUT2D eigenvalue weighted by atomic mass is 16.5. The molecule has 0 unspecified atom stereocenters. The maximum Gasteiger partial charge on any atom is 0.326 e. The number of carboxylic acid groups (broad SMARTS) is 1. The maximum absolute atomic E-state index is 11.8. The van der Waals surface area contributed by atoms with E-state index in [-0.39, 0.29) is 23.7 Å². The lowest BCUT2D eigenvalue weighted by atomic mass is 9.96. The molecule has 124 valence electrons. The summed E-state index contributed by atoms with van der Waals surface area (Å²) in [5.74, 6) is -0.326. The average molecular weight is 311 g/mol. The minimum Gasteiger partial charge on any atom is -0.480 e. The first-order valence-corrected chi connectivity index (χ1v) is 7.46. The molecule has 0 aliphatic carbocycles. The van der Waals surface area contributed by atoms with Crippen LogP contribution in [0.4, 0.5) is 0 Å². The van der Waals surface area contributed by atoms with E-state index in [4.69, 9.17) is 9.63 Å². The lowest BCUT2D eigenvalue weighted by molar-refractivity contribution is -0.143. The highest BCUT2D eigenvalue weighted by molar-refractivity contribution is 5.83. The summed E-state index contributed by atoms with van der Waals surface area (Å²) >= 11 is 0. The summed E-state index contributed by atoms with van der Waals surface area (Å²) in [6.45, 7) is 9.49. The predicted molar refractivity (Wildman–Crippen MR) is 80.3 cm³/mol. The molecule has 0 aliphatic heterocycles. The molecule has 0 spiro atoms. The van der Waals surface area contributed by atoms with Crippen LogP contribution in [0.3, 0.4) is 0 Å². The van der Waals surface area contributed by atoms with Crippen LogP contribution in [-0.4, -0.2) is 33.2 Å². The molecule has 0 bridgehead atoms. The van der Waals surface area contributed by atoms with Crippen molar-refractivity contribution < 1.29 is 19.2 Å². The highest BCUT2D eigenvalue weighted by Gasteiger charge is 2.23. The van der Waals surface area contributed by atoms with E-state index in [1.165, 1.54) is 0 Å². The van der Waals surface area contributed by atoms with E-state index in [1.54, 1.807) is 13.8 Å². The van der Waals surface area contributed by atoms with Crippen molar-refractivity contribution in [3.05, 3.63) is 11.7 Å². The predicted octanol–water partition coefficient (Wildman–Crippen LogP) is 1.92. The standard InChI is InChI=1S/C15H25N3O4/c1-9(2)12(13(20)21)16-10(19)7-6-8-11-17-14(18-22-11)15(3,4)5/h9,12H,6-8H2,1-5H3,(H,16,19)(H,20,21)/t12-/m0/s1. The van der Waals surface area contributed by atoms with Crippen LogP contribution in [-0.2, 0) is 21.4 Å². The van der Waals surface area contributed by atoms with Crippen molar-refractivity contribution in [3.8, 4) is 0 Å². The number of rotatable bonds is 7. The van der Waals surface area contributed by atoms with E-state index in [2.05, 4.69) is 15.5 Å². The lowest BCUT2D eigenvalue weighted by Gasteiger charge is -2.17. The van der Waals surface area contributed by atoms with E-state index in [1.807, 2.05) is 20.8 Å². The molecule has 1 atom stereocenters. The SMILES string of the molecule is CC(C)[C@H](NC(=O)CCCc1nc(C(C)(C)C)no1)C(=O)O. The van der Waals surface area contributed by atoms with Gasteiger partial charge in [-0.05, 0) is 12.3 Å². The van der Waals surface area contributed by atoms with Gasteiger partial charge in [0.25, 0.3) is 0 Å². The number of aromatic nitrogens is 2. The van der Waals surface area contributed by atoms with Gasteiger partial charge in [-0.2, -0.15) is 4.98 Å². The van der Waals surface area contributed by atoms with E-state index < -0.39 is 12.0 Å². The molecule has 0 saturated carbocycles. The fraction of sp³-hybridized carbons (Fsp3) is 0.733. The summed E-state index contributed by atoms with van der Waals surface area (Å²) in [5.41, 5.74) is -0.175. The van der Waals surface area contributed by atoms with E-state index in [0.717, 1.165) is 0 Å². The Balaban J connectivity index is 2.42. The van der Waals surface area contributed by atoms with Gasteiger partial charge in [-0.3, -0.25) is 4.79 Å². The molecular formula is C15H25N3O4. The minimum absolute atomic E-state index is 0.160. The van der Waals surface area contributed by atoms with Gasteiger partial charge in [0.05, 0.1) is 0 Å². The summed E-state index contributed by atoms with van der Waals surface area (Å²) in [6.07, 6.45) is 1.25. The number of nitrogens with one attached hydrogen (secondary N) is 1. The normalized spacial score (nSPS) is 13.2. The van der Waals surface area contributed by atoms with Gasteiger partial charge in [-0.15, -0.1) is 0 Å². The third kappa shape index (κ3) is 5.46. The van der Waals surface area contributed by atoms with Crippen LogP contribution in [0.5, 0.6) is 0 Å². The minimum atomic E-state index is -1.02. The molecule has 0 fully saturated rings. The van der Waals surface area contributed by atoms with Crippen molar-refractivity contribution in [1.29, 1.82) is 0 Å². The second kappa shape index (κ2) is 7.38. The Morgan fingerprint density at radius 1 is 1.32 bits per heavy atom. The fourth-order valence-electron chi connectivity index (χ4n) is 1.82. The molecule has 1 aromatic heterocycles. The van der Waals surface area contributed by atoms with Gasteiger partial charge >= 0.3 is 5.97 Å². The maximum atomic E-state index is 11.8. The quantitative estimate of drug-likeness (QED) is 0.797. The number of aliphatic carboxylic acids is 1.